The Morgan fingerprint density at radius 2 is 2.13 bits per heavy atom. The third kappa shape index (κ3) is 1.86. The number of aryl methyl sites for hydroxylation is 2. The van der Waals surface area contributed by atoms with Gasteiger partial charge in [-0.05, 0) is 13.0 Å². The quantitative estimate of drug-likeness (QED) is 0.747. The van der Waals surface area contributed by atoms with Crippen LogP contribution in [0.4, 0.5) is 0 Å². The summed E-state index contributed by atoms with van der Waals surface area (Å²) in [5, 5.41) is 4.38. The fourth-order valence-corrected chi connectivity index (χ4v) is 1.61. The summed E-state index contributed by atoms with van der Waals surface area (Å²) < 4.78 is 7.04. The van der Waals surface area contributed by atoms with Crippen molar-refractivity contribution in [2.45, 2.75) is 6.92 Å². The van der Waals surface area contributed by atoms with Crippen LogP contribution in [-0.2, 0) is 7.05 Å². The molecule has 3 heteroatoms. The van der Waals surface area contributed by atoms with Crippen LogP contribution in [0.1, 0.15) is 5.56 Å². The van der Waals surface area contributed by atoms with Crippen LogP contribution in [0.2, 0.25) is 0 Å². The first-order chi connectivity index (χ1) is 7.20. The van der Waals surface area contributed by atoms with Gasteiger partial charge in [-0.25, -0.2) is 0 Å². The van der Waals surface area contributed by atoms with Crippen molar-refractivity contribution in [2.75, 3.05) is 7.11 Å². The van der Waals surface area contributed by atoms with Gasteiger partial charge in [0, 0.05) is 12.6 Å². The van der Waals surface area contributed by atoms with E-state index in [1.54, 1.807) is 11.8 Å². The van der Waals surface area contributed by atoms with Crippen molar-refractivity contribution in [1.29, 1.82) is 0 Å². The molecule has 15 heavy (non-hydrogen) atoms. The summed E-state index contributed by atoms with van der Waals surface area (Å²) in [5.41, 5.74) is 3.20. The number of methoxy groups -OCH3 is 1. The highest BCUT2D eigenvalue weighted by molar-refractivity contribution is 5.66. The van der Waals surface area contributed by atoms with Gasteiger partial charge in [0.2, 0.25) is 0 Å². The molecule has 3 nitrogen and oxygen atoms in total. The summed E-state index contributed by atoms with van der Waals surface area (Å²) in [6.45, 7) is 2.07. The van der Waals surface area contributed by atoms with Crippen molar-refractivity contribution < 1.29 is 4.74 Å². The number of benzene rings is 1. The van der Waals surface area contributed by atoms with Crippen molar-refractivity contribution in [1.82, 2.24) is 9.78 Å². The normalized spacial score (nSPS) is 10.3. The van der Waals surface area contributed by atoms with E-state index < -0.39 is 0 Å². The maximum atomic E-state index is 5.28. The van der Waals surface area contributed by atoms with Crippen molar-refractivity contribution in [3.63, 3.8) is 0 Å². The minimum absolute atomic E-state index is 0.808. The average Bonchev–Trinajstić information content (AvgIpc) is 2.59. The number of ether oxygens (including phenoxy) is 1. The zero-order chi connectivity index (χ0) is 10.8. The molecule has 0 fully saturated rings. The molecule has 2 rings (SSSR count). The van der Waals surface area contributed by atoms with Crippen LogP contribution in [0.15, 0.2) is 30.5 Å². The highest BCUT2D eigenvalue weighted by Gasteiger charge is 2.09. The van der Waals surface area contributed by atoms with Gasteiger partial charge in [0.15, 0.2) is 5.75 Å². The molecule has 0 radical (unpaired) electrons. The van der Waals surface area contributed by atoms with Gasteiger partial charge >= 0.3 is 0 Å². The topological polar surface area (TPSA) is 27.1 Å². The van der Waals surface area contributed by atoms with Crippen LogP contribution in [-0.4, -0.2) is 16.9 Å². The number of hydrogen-bond donors (Lipinski definition) is 0. The zero-order valence-electron chi connectivity index (χ0n) is 9.19. The van der Waals surface area contributed by atoms with E-state index in [2.05, 4.69) is 24.2 Å². The summed E-state index contributed by atoms with van der Waals surface area (Å²) in [5.74, 6) is 0.808. The molecule has 2 aromatic rings. The van der Waals surface area contributed by atoms with Crippen molar-refractivity contribution >= 4 is 0 Å². The lowest BCUT2D eigenvalue weighted by molar-refractivity contribution is 0.416. The Bertz CT molecular complexity index is 474. The van der Waals surface area contributed by atoms with Crippen LogP contribution in [0.25, 0.3) is 11.3 Å². The number of hydrogen-bond acceptors (Lipinski definition) is 2. The molecule has 0 aliphatic carbocycles. The number of nitrogens with zero attached hydrogens (tertiary/aromatic N) is 2. The van der Waals surface area contributed by atoms with E-state index in [9.17, 15) is 0 Å². The van der Waals surface area contributed by atoms with E-state index >= 15 is 0 Å². The van der Waals surface area contributed by atoms with Gasteiger partial charge in [-0.2, -0.15) is 5.10 Å². The fourth-order valence-electron chi connectivity index (χ4n) is 1.61. The molecule has 0 atom stereocenters. The molecule has 0 spiro atoms. The lowest BCUT2D eigenvalue weighted by Gasteiger charge is -2.01. The summed E-state index contributed by atoms with van der Waals surface area (Å²) >= 11 is 0. The molecule has 0 aliphatic heterocycles. The van der Waals surface area contributed by atoms with Gasteiger partial charge in [0.1, 0.15) is 5.69 Å². The molecule has 1 aromatic heterocycles. The summed E-state index contributed by atoms with van der Waals surface area (Å²) in [4.78, 5) is 0. The maximum absolute atomic E-state index is 5.28. The standard InChI is InChI=1S/C12H14N2O/c1-9-5-4-6-10(7-9)12-11(15-3)8-14(2)13-12/h4-8H,1-3H3. The van der Waals surface area contributed by atoms with Crippen LogP contribution in [0, 0.1) is 6.92 Å². The van der Waals surface area contributed by atoms with Crippen molar-refractivity contribution in [3.8, 4) is 17.0 Å². The van der Waals surface area contributed by atoms with E-state index in [0.29, 0.717) is 0 Å². The molecule has 1 heterocycles. The van der Waals surface area contributed by atoms with Crippen LogP contribution in [0.3, 0.4) is 0 Å². The van der Waals surface area contributed by atoms with Gasteiger partial charge in [0.25, 0.3) is 0 Å². The monoisotopic (exact) mass is 202 g/mol. The lowest BCUT2D eigenvalue weighted by Crippen LogP contribution is -1.88. The Morgan fingerprint density at radius 3 is 2.80 bits per heavy atom. The van der Waals surface area contributed by atoms with E-state index in [0.717, 1.165) is 17.0 Å². The molecule has 78 valence electrons. The van der Waals surface area contributed by atoms with Crippen LogP contribution in [0.5, 0.6) is 5.75 Å². The second-order valence-electron chi connectivity index (χ2n) is 3.59. The minimum atomic E-state index is 0.808. The molecular formula is C12H14N2O. The third-order valence-corrected chi connectivity index (χ3v) is 2.31. The first kappa shape index (κ1) is 9.77. The molecule has 0 aliphatic rings. The van der Waals surface area contributed by atoms with Crippen LogP contribution < -0.4 is 4.74 Å². The molecule has 0 saturated heterocycles. The molecular weight excluding hydrogens is 188 g/mol. The van der Waals surface area contributed by atoms with Crippen molar-refractivity contribution in [2.24, 2.45) is 7.05 Å². The third-order valence-electron chi connectivity index (χ3n) is 2.31. The Hall–Kier alpha value is -1.77. The van der Waals surface area contributed by atoms with E-state index in [-0.39, 0.29) is 0 Å². The van der Waals surface area contributed by atoms with Gasteiger partial charge in [-0.1, -0.05) is 23.8 Å². The lowest BCUT2D eigenvalue weighted by atomic mass is 10.1. The average molecular weight is 202 g/mol. The summed E-state index contributed by atoms with van der Waals surface area (Å²) in [6, 6.07) is 8.24. The van der Waals surface area contributed by atoms with Gasteiger partial charge in [-0.15, -0.1) is 0 Å². The Kier molecular flexibility index (Phi) is 2.46. The van der Waals surface area contributed by atoms with Gasteiger partial charge in [0.05, 0.1) is 13.3 Å². The predicted molar refractivity (Wildman–Crippen MR) is 59.9 cm³/mol. The maximum Gasteiger partial charge on any atom is 0.164 e. The largest absolute Gasteiger partial charge is 0.493 e. The first-order valence-electron chi connectivity index (χ1n) is 4.85. The molecule has 0 amide bonds. The molecule has 1 aromatic carbocycles. The van der Waals surface area contributed by atoms with Crippen molar-refractivity contribution in [3.05, 3.63) is 36.0 Å². The highest BCUT2D eigenvalue weighted by Crippen LogP contribution is 2.28. The highest BCUT2D eigenvalue weighted by atomic mass is 16.5. The van der Waals surface area contributed by atoms with Crippen LogP contribution >= 0.6 is 0 Å². The second-order valence-corrected chi connectivity index (χ2v) is 3.59. The van der Waals surface area contributed by atoms with E-state index in [1.165, 1.54) is 5.56 Å². The zero-order valence-corrected chi connectivity index (χ0v) is 9.19. The minimum Gasteiger partial charge on any atom is -0.493 e. The fraction of sp³-hybridized carbons (Fsp3) is 0.250. The van der Waals surface area contributed by atoms with E-state index in [1.807, 2.05) is 25.4 Å². The molecule has 0 unspecified atom stereocenters. The Labute approximate surface area is 89.3 Å². The molecule has 0 N–H and O–H groups in total. The summed E-state index contributed by atoms with van der Waals surface area (Å²) in [6.07, 6.45) is 1.87. The second kappa shape index (κ2) is 3.77. The smallest absolute Gasteiger partial charge is 0.164 e. The number of aromatic nitrogens is 2. The Morgan fingerprint density at radius 1 is 1.33 bits per heavy atom. The Balaban J connectivity index is 2.53. The first-order valence-corrected chi connectivity index (χ1v) is 4.85. The van der Waals surface area contributed by atoms with Gasteiger partial charge in [-0.3, -0.25) is 4.68 Å². The molecule has 0 bridgehead atoms. The van der Waals surface area contributed by atoms with Gasteiger partial charge < -0.3 is 4.74 Å². The SMILES string of the molecule is COc1cn(C)nc1-c1cccc(C)c1. The van der Waals surface area contributed by atoms with E-state index in [4.69, 9.17) is 4.74 Å². The predicted octanol–water partition coefficient (Wildman–Crippen LogP) is 2.40. The summed E-state index contributed by atoms with van der Waals surface area (Å²) in [7, 11) is 3.55. The molecule has 0 saturated carbocycles. The number of rotatable bonds is 2.